The summed E-state index contributed by atoms with van der Waals surface area (Å²) >= 11 is 0. The molecule has 1 aliphatic carbocycles. The predicted octanol–water partition coefficient (Wildman–Crippen LogP) is 2.58. The number of nitrogens with one attached hydrogen (secondary N) is 1. The van der Waals surface area contributed by atoms with Crippen molar-refractivity contribution in [2.24, 2.45) is 0 Å². The van der Waals surface area contributed by atoms with Gasteiger partial charge in [-0.1, -0.05) is 6.58 Å². The molecule has 1 N–H and O–H groups in total. The van der Waals surface area contributed by atoms with Gasteiger partial charge in [-0.05, 0) is 25.8 Å². The first-order chi connectivity index (χ1) is 12.4. The highest BCUT2D eigenvalue weighted by molar-refractivity contribution is 5.98. The van der Waals surface area contributed by atoms with E-state index in [1.165, 1.54) is 12.4 Å². The molecule has 1 unspecified atom stereocenters. The lowest BCUT2D eigenvalue weighted by Crippen LogP contribution is -2.56. The molecule has 0 radical (unpaired) electrons. The quantitative estimate of drug-likeness (QED) is 0.837. The number of aromatic amines is 1. The average molecular weight is 359 g/mol. The number of carbonyl (C=O) groups excluding carboxylic acids is 1. The molecule has 3 aliphatic rings. The van der Waals surface area contributed by atoms with Crippen LogP contribution in [0.15, 0.2) is 25.2 Å². The second-order valence-corrected chi connectivity index (χ2v) is 7.51. The van der Waals surface area contributed by atoms with Crippen molar-refractivity contribution < 1.29 is 13.6 Å². The number of fused-ring (bicyclic) bond motifs is 1. The molecule has 8 heteroatoms. The van der Waals surface area contributed by atoms with Gasteiger partial charge < -0.3 is 14.8 Å². The predicted molar refractivity (Wildman–Crippen MR) is 92.0 cm³/mol. The summed E-state index contributed by atoms with van der Waals surface area (Å²) in [5, 5.41) is 0.685. The third kappa shape index (κ3) is 1.72. The van der Waals surface area contributed by atoms with Crippen LogP contribution in [0, 0.1) is 0 Å². The number of amides is 1. The molecule has 0 bridgehead atoms. The number of rotatable bonds is 2. The number of halogens is 2. The maximum Gasteiger partial charge on any atom is 0.278 e. The van der Waals surface area contributed by atoms with E-state index in [9.17, 15) is 13.6 Å². The van der Waals surface area contributed by atoms with Crippen LogP contribution in [0.5, 0.6) is 0 Å². The number of hydrogen-bond acceptors (Lipinski definition) is 4. The first kappa shape index (κ1) is 15.7. The molecular formula is C18H19F2N5O. The van der Waals surface area contributed by atoms with E-state index in [2.05, 4.69) is 21.5 Å². The van der Waals surface area contributed by atoms with E-state index < -0.39 is 11.5 Å². The van der Waals surface area contributed by atoms with E-state index in [1.54, 1.807) is 16.0 Å². The van der Waals surface area contributed by atoms with Gasteiger partial charge in [0.25, 0.3) is 5.92 Å². The summed E-state index contributed by atoms with van der Waals surface area (Å²) < 4.78 is 29.3. The Morgan fingerprint density at radius 1 is 1.42 bits per heavy atom. The second kappa shape index (κ2) is 4.81. The molecule has 3 atom stereocenters. The minimum atomic E-state index is -2.82. The standard InChI is InChI=1S/C18H19F2N5O/c1-3-13(26)24-7-11(5-4-10(24)2)25-16-14-12(17(25)8-18(17,19)20)6-21-15(14)22-9-23-16/h3,6,9-11H,1,4-5,7-8H2,2H3,(H,21,22,23)/t10-,11+,17?/m0/s1. The summed E-state index contributed by atoms with van der Waals surface area (Å²) in [6.45, 7) is 5.94. The highest BCUT2D eigenvalue weighted by Crippen LogP contribution is 2.69. The fraction of sp³-hybridized carbons (Fsp3) is 0.500. The summed E-state index contributed by atoms with van der Waals surface area (Å²) in [7, 11) is 0. The molecule has 2 fully saturated rings. The fourth-order valence-electron chi connectivity index (χ4n) is 4.80. The first-order valence-electron chi connectivity index (χ1n) is 8.83. The normalized spacial score (nSPS) is 31.7. The van der Waals surface area contributed by atoms with Crippen LogP contribution in [-0.2, 0) is 10.3 Å². The zero-order chi connectivity index (χ0) is 18.3. The molecule has 2 aromatic rings. The van der Waals surface area contributed by atoms with E-state index >= 15 is 0 Å². The maximum absolute atomic E-state index is 14.7. The van der Waals surface area contributed by atoms with Gasteiger partial charge in [0, 0.05) is 36.8 Å². The van der Waals surface area contributed by atoms with Crippen LogP contribution in [-0.4, -0.2) is 50.3 Å². The molecule has 1 saturated carbocycles. The molecule has 1 amide bonds. The van der Waals surface area contributed by atoms with E-state index in [4.69, 9.17) is 0 Å². The number of carbonyl (C=O) groups is 1. The Labute approximate surface area is 148 Å². The molecule has 5 rings (SSSR count). The Morgan fingerprint density at radius 2 is 2.19 bits per heavy atom. The smallest absolute Gasteiger partial charge is 0.278 e. The number of alkyl halides is 2. The number of H-pyrrole nitrogens is 1. The molecule has 0 aromatic carbocycles. The van der Waals surface area contributed by atoms with Gasteiger partial charge in [0.2, 0.25) is 5.91 Å². The number of hydrogen-bond donors (Lipinski definition) is 1. The number of anilines is 1. The molecule has 136 valence electrons. The molecular weight excluding hydrogens is 340 g/mol. The van der Waals surface area contributed by atoms with Gasteiger partial charge in [-0.3, -0.25) is 4.79 Å². The van der Waals surface area contributed by atoms with Gasteiger partial charge in [0.1, 0.15) is 23.3 Å². The molecule has 1 spiro atoms. The Kier molecular flexibility index (Phi) is 2.91. The van der Waals surface area contributed by atoms with Crippen LogP contribution in [0.25, 0.3) is 11.0 Å². The highest BCUT2D eigenvalue weighted by Gasteiger charge is 2.79. The molecule has 26 heavy (non-hydrogen) atoms. The number of likely N-dealkylation sites (tertiary alicyclic amines) is 1. The van der Waals surface area contributed by atoms with Crippen molar-refractivity contribution in [1.82, 2.24) is 19.9 Å². The van der Waals surface area contributed by atoms with Crippen molar-refractivity contribution in [3.05, 3.63) is 30.7 Å². The van der Waals surface area contributed by atoms with Crippen molar-refractivity contribution in [2.75, 3.05) is 11.4 Å². The lowest BCUT2D eigenvalue weighted by atomic mass is 9.96. The van der Waals surface area contributed by atoms with Crippen LogP contribution in [0.4, 0.5) is 14.6 Å². The Bertz CT molecular complexity index is 941. The largest absolute Gasteiger partial charge is 0.346 e. The van der Waals surface area contributed by atoms with Crippen LogP contribution in [0.3, 0.4) is 0 Å². The van der Waals surface area contributed by atoms with E-state index in [0.717, 1.165) is 12.8 Å². The molecule has 2 aliphatic heterocycles. The summed E-state index contributed by atoms with van der Waals surface area (Å²) in [6, 6.07) is -0.144. The summed E-state index contributed by atoms with van der Waals surface area (Å²) in [6.07, 6.45) is 5.60. The van der Waals surface area contributed by atoms with Crippen LogP contribution in [0.1, 0.15) is 31.7 Å². The van der Waals surface area contributed by atoms with Crippen molar-refractivity contribution in [3.8, 4) is 0 Å². The van der Waals surface area contributed by atoms with Crippen LogP contribution < -0.4 is 4.90 Å². The van der Waals surface area contributed by atoms with Gasteiger partial charge in [0.15, 0.2) is 0 Å². The summed E-state index contributed by atoms with van der Waals surface area (Å²) in [4.78, 5) is 27.2. The average Bonchev–Trinajstić information content (AvgIpc) is 2.96. The van der Waals surface area contributed by atoms with Gasteiger partial charge in [-0.15, -0.1) is 0 Å². The van der Waals surface area contributed by atoms with Gasteiger partial charge >= 0.3 is 0 Å². The van der Waals surface area contributed by atoms with Gasteiger partial charge in [-0.25, -0.2) is 18.7 Å². The minimum Gasteiger partial charge on any atom is -0.346 e. The number of aromatic nitrogens is 3. The Hall–Kier alpha value is -2.51. The topological polar surface area (TPSA) is 65.1 Å². The van der Waals surface area contributed by atoms with E-state index in [1.807, 2.05) is 6.92 Å². The zero-order valence-corrected chi connectivity index (χ0v) is 14.4. The van der Waals surface area contributed by atoms with Crippen molar-refractivity contribution >= 4 is 22.8 Å². The van der Waals surface area contributed by atoms with Crippen molar-refractivity contribution in [2.45, 2.75) is 49.7 Å². The zero-order valence-electron chi connectivity index (χ0n) is 14.4. The van der Waals surface area contributed by atoms with Gasteiger partial charge in [-0.2, -0.15) is 0 Å². The Balaban J connectivity index is 1.60. The third-order valence-electron chi connectivity index (χ3n) is 6.17. The second-order valence-electron chi connectivity index (χ2n) is 7.51. The van der Waals surface area contributed by atoms with Crippen molar-refractivity contribution in [1.29, 1.82) is 0 Å². The number of nitrogens with zero attached hydrogens (tertiary/aromatic N) is 4. The monoisotopic (exact) mass is 359 g/mol. The van der Waals surface area contributed by atoms with Crippen LogP contribution >= 0.6 is 0 Å². The number of piperidine rings is 1. The summed E-state index contributed by atoms with van der Waals surface area (Å²) in [5.41, 5.74) is -0.205. The molecule has 1 saturated heterocycles. The van der Waals surface area contributed by atoms with Crippen LogP contribution in [0.2, 0.25) is 0 Å². The maximum atomic E-state index is 14.7. The third-order valence-corrected chi connectivity index (χ3v) is 6.17. The highest BCUT2D eigenvalue weighted by atomic mass is 19.3. The first-order valence-corrected chi connectivity index (χ1v) is 8.83. The Morgan fingerprint density at radius 3 is 2.88 bits per heavy atom. The summed E-state index contributed by atoms with van der Waals surface area (Å²) in [5.74, 6) is -2.43. The lowest BCUT2D eigenvalue weighted by molar-refractivity contribution is -0.129. The van der Waals surface area contributed by atoms with E-state index in [-0.39, 0.29) is 24.4 Å². The fourth-order valence-corrected chi connectivity index (χ4v) is 4.80. The van der Waals surface area contributed by atoms with Gasteiger partial charge in [0.05, 0.1) is 5.39 Å². The SMILES string of the molecule is C=CC(=O)N1C[C@H](N2c3ncnc4[nH]cc(c34)C23CC3(F)F)CC[C@@H]1C. The molecule has 4 heterocycles. The van der Waals surface area contributed by atoms with Crippen molar-refractivity contribution in [3.63, 3.8) is 0 Å². The van der Waals surface area contributed by atoms with E-state index in [0.29, 0.717) is 29.0 Å². The minimum absolute atomic E-state index is 0.0695. The molecule has 2 aromatic heterocycles. The molecule has 6 nitrogen and oxygen atoms in total. The lowest BCUT2D eigenvalue weighted by Gasteiger charge is -2.44.